The minimum Gasteiger partial charge on any atom is -0.345 e. The Morgan fingerprint density at radius 3 is 3.10 bits per heavy atom. The van der Waals surface area contributed by atoms with Crippen molar-refractivity contribution in [1.82, 2.24) is 20.1 Å². The lowest BCUT2D eigenvalue weighted by molar-refractivity contribution is -0.116. The van der Waals surface area contributed by atoms with Crippen molar-refractivity contribution in [1.29, 1.82) is 0 Å². The predicted molar refractivity (Wildman–Crippen MR) is 80.4 cm³/mol. The maximum absolute atomic E-state index is 11.9. The second kappa shape index (κ2) is 5.91. The Labute approximate surface area is 123 Å². The van der Waals surface area contributed by atoms with Crippen LogP contribution in [0.2, 0.25) is 0 Å². The third kappa shape index (κ3) is 3.02. The summed E-state index contributed by atoms with van der Waals surface area (Å²) in [6.07, 6.45) is 5.48. The van der Waals surface area contributed by atoms with Crippen molar-refractivity contribution in [2.45, 2.75) is 32.9 Å². The van der Waals surface area contributed by atoms with Gasteiger partial charge in [-0.25, -0.2) is 0 Å². The van der Waals surface area contributed by atoms with E-state index in [9.17, 15) is 4.79 Å². The molecule has 0 unspecified atom stereocenters. The zero-order valence-corrected chi connectivity index (χ0v) is 12.0. The van der Waals surface area contributed by atoms with Crippen LogP contribution in [0.4, 0.5) is 0 Å². The number of carbonyl (C=O) groups is 1. The van der Waals surface area contributed by atoms with Crippen LogP contribution in [-0.2, 0) is 24.3 Å². The summed E-state index contributed by atoms with van der Waals surface area (Å²) in [5, 5.41) is 11.1. The van der Waals surface area contributed by atoms with Crippen LogP contribution in [0, 0.1) is 6.92 Å². The van der Waals surface area contributed by atoms with Gasteiger partial charge in [-0.2, -0.15) is 0 Å². The molecule has 1 amide bonds. The Morgan fingerprint density at radius 2 is 2.24 bits per heavy atom. The SMILES string of the molecule is Cc1ccccc1C=CC(=O)NCc1nnc2n1CCC2. The van der Waals surface area contributed by atoms with Gasteiger partial charge in [-0.1, -0.05) is 24.3 Å². The van der Waals surface area contributed by atoms with Crippen LogP contribution in [0.5, 0.6) is 0 Å². The quantitative estimate of drug-likeness (QED) is 0.871. The van der Waals surface area contributed by atoms with Crippen LogP contribution in [0.25, 0.3) is 6.08 Å². The molecule has 2 aromatic rings. The van der Waals surface area contributed by atoms with E-state index in [0.717, 1.165) is 42.2 Å². The number of aromatic nitrogens is 3. The van der Waals surface area contributed by atoms with Gasteiger partial charge in [-0.3, -0.25) is 4.79 Å². The Bertz CT molecular complexity index is 687. The van der Waals surface area contributed by atoms with E-state index in [-0.39, 0.29) is 5.91 Å². The summed E-state index contributed by atoms with van der Waals surface area (Å²) in [6, 6.07) is 7.96. The van der Waals surface area contributed by atoms with E-state index in [0.29, 0.717) is 6.54 Å². The summed E-state index contributed by atoms with van der Waals surface area (Å²) >= 11 is 0. The maximum Gasteiger partial charge on any atom is 0.244 e. The molecular formula is C16H18N4O. The van der Waals surface area contributed by atoms with Gasteiger partial charge in [0.05, 0.1) is 6.54 Å². The van der Waals surface area contributed by atoms with Gasteiger partial charge in [0.1, 0.15) is 5.82 Å². The number of fused-ring (bicyclic) bond motifs is 1. The molecule has 2 heterocycles. The molecule has 0 aliphatic carbocycles. The normalized spacial score (nSPS) is 13.6. The van der Waals surface area contributed by atoms with E-state index in [1.165, 1.54) is 0 Å². The Kier molecular flexibility index (Phi) is 3.81. The highest BCUT2D eigenvalue weighted by Gasteiger charge is 2.16. The average Bonchev–Trinajstić information content (AvgIpc) is 3.08. The summed E-state index contributed by atoms with van der Waals surface area (Å²) in [5.41, 5.74) is 2.20. The average molecular weight is 282 g/mol. The highest BCUT2D eigenvalue weighted by Crippen LogP contribution is 2.13. The van der Waals surface area contributed by atoms with Crippen LogP contribution in [0.1, 0.15) is 29.2 Å². The molecule has 5 heteroatoms. The first kappa shape index (κ1) is 13.5. The van der Waals surface area contributed by atoms with Crippen LogP contribution in [0.3, 0.4) is 0 Å². The summed E-state index contributed by atoms with van der Waals surface area (Å²) in [6.45, 7) is 3.40. The van der Waals surface area contributed by atoms with Crippen LogP contribution in [-0.4, -0.2) is 20.7 Å². The second-order valence-electron chi connectivity index (χ2n) is 5.20. The standard InChI is InChI=1S/C16H18N4O/c1-12-5-2-3-6-13(12)8-9-16(21)17-11-15-19-18-14-7-4-10-20(14)15/h2-3,5-6,8-9H,4,7,10-11H2,1H3,(H,17,21). The van der Waals surface area contributed by atoms with Gasteiger partial charge in [-0.05, 0) is 30.5 Å². The number of amides is 1. The van der Waals surface area contributed by atoms with Crippen molar-refractivity contribution in [3.8, 4) is 0 Å². The molecular weight excluding hydrogens is 264 g/mol. The Balaban J connectivity index is 1.58. The van der Waals surface area contributed by atoms with Gasteiger partial charge in [0.15, 0.2) is 5.82 Å². The van der Waals surface area contributed by atoms with Gasteiger partial charge in [0, 0.05) is 19.0 Å². The van der Waals surface area contributed by atoms with Crippen LogP contribution >= 0.6 is 0 Å². The van der Waals surface area contributed by atoms with E-state index < -0.39 is 0 Å². The number of rotatable bonds is 4. The summed E-state index contributed by atoms with van der Waals surface area (Å²) in [7, 11) is 0. The highest BCUT2D eigenvalue weighted by molar-refractivity contribution is 5.91. The fourth-order valence-corrected chi connectivity index (χ4v) is 2.51. The third-order valence-electron chi connectivity index (χ3n) is 3.71. The van der Waals surface area contributed by atoms with Crippen molar-refractivity contribution in [3.05, 3.63) is 53.1 Å². The van der Waals surface area contributed by atoms with Crippen molar-refractivity contribution in [2.75, 3.05) is 0 Å². The minimum atomic E-state index is -0.117. The lowest BCUT2D eigenvalue weighted by atomic mass is 10.1. The van der Waals surface area contributed by atoms with E-state index in [2.05, 4.69) is 20.1 Å². The first-order valence-corrected chi connectivity index (χ1v) is 7.16. The minimum absolute atomic E-state index is 0.117. The zero-order valence-electron chi connectivity index (χ0n) is 12.0. The van der Waals surface area contributed by atoms with Crippen molar-refractivity contribution >= 4 is 12.0 Å². The number of hydrogen-bond acceptors (Lipinski definition) is 3. The van der Waals surface area contributed by atoms with Crippen LogP contribution < -0.4 is 5.32 Å². The molecule has 1 aliphatic rings. The Morgan fingerprint density at radius 1 is 1.38 bits per heavy atom. The summed E-state index contributed by atoms with van der Waals surface area (Å²) < 4.78 is 2.09. The predicted octanol–water partition coefficient (Wildman–Crippen LogP) is 1.86. The van der Waals surface area contributed by atoms with Gasteiger partial charge in [-0.15, -0.1) is 10.2 Å². The molecule has 0 fully saturated rings. The van der Waals surface area contributed by atoms with E-state index >= 15 is 0 Å². The molecule has 0 saturated heterocycles. The molecule has 0 radical (unpaired) electrons. The summed E-state index contributed by atoms with van der Waals surface area (Å²) in [4.78, 5) is 11.9. The number of nitrogens with zero attached hydrogens (tertiary/aromatic N) is 3. The number of nitrogens with one attached hydrogen (secondary N) is 1. The van der Waals surface area contributed by atoms with E-state index in [1.807, 2.05) is 37.3 Å². The van der Waals surface area contributed by atoms with Crippen molar-refractivity contribution < 1.29 is 4.79 Å². The number of hydrogen-bond donors (Lipinski definition) is 1. The smallest absolute Gasteiger partial charge is 0.244 e. The maximum atomic E-state index is 11.9. The largest absolute Gasteiger partial charge is 0.345 e. The molecule has 0 spiro atoms. The van der Waals surface area contributed by atoms with Crippen molar-refractivity contribution in [2.24, 2.45) is 0 Å². The molecule has 3 rings (SSSR count). The molecule has 0 atom stereocenters. The lowest BCUT2D eigenvalue weighted by Crippen LogP contribution is -2.22. The molecule has 1 aromatic carbocycles. The molecule has 21 heavy (non-hydrogen) atoms. The molecule has 1 N–H and O–H groups in total. The van der Waals surface area contributed by atoms with Gasteiger partial charge in [0.2, 0.25) is 5.91 Å². The first-order chi connectivity index (χ1) is 10.2. The first-order valence-electron chi connectivity index (χ1n) is 7.16. The molecule has 0 bridgehead atoms. The number of benzene rings is 1. The Hall–Kier alpha value is -2.43. The monoisotopic (exact) mass is 282 g/mol. The van der Waals surface area contributed by atoms with Gasteiger partial charge in [0.25, 0.3) is 0 Å². The third-order valence-corrected chi connectivity index (χ3v) is 3.71. The highest BCUT2D eigenvalue weighted by atomic mass is 16.1. The van der Waals surface area contributed by atoms with Crippen molar-refractivity contribution in [3.63, 3.8) is 0 Å². The lowest BCUT2D eigenvalue weighted by Gasteiger charge is -2.03. The number of aryl methyl sites for hydroxylation is 2. The van der Waals surface area contributed by atoms with Gasteiger partial charge < -0.3 is 9.88 Å². The fraction of sp³-hybridized carbons (Fsp3) is 0.312. The molecule has 1 aliphatic heterocycles. The topological polar surface area (TPSA) is 59.8 Å². The van der Waals surface area contributed by atoms with Gasteiger partial charge >= 0.3 is 0 Å². The zero-order chi connectivity index (χ0) is 14.7. The summed E-state index contributed by atoms with van der Waals surface area (Å²) in [5.74, 6) is 1.74. The van der Waals surface area contributed by atoms with E-state index in [4.69, 9.17) is 0 Å². The molecule has 108 valence electrons. The second-order valence-corrected chi connectivity index (χ2v) is 5.20. The van der Waals surface area contributed by atoms with E-state index in [1.54, 1.807) is 6.08 Å². The molecule has 5 nitrogen and oxygen atoms in total. The molecule has 1 aromatic heterocycles. The van der Waals surface area contributed by atoms with Crippen LogP contribution in [0.15, 0.2) is 30.3 Å². The number of carbonyl (C=O) groups excluding carboxylic acids is 1. The fourth-order valence-electron chi connectivity index (χ4n) is 2.51. The molecule has 0 saturated carbocycles.